The Bertz CT molecular complexity index is 175. The molecular formula is C13H28N2O. The van der Waals surface area contributed by atoms with E-state index in [1.54, 1.807) is 7.11 Å². The van der Waals surface area contributed by atoms with Gasteiger partial charge in [-0.2, -0.15) is 0 Å². The smallest absolute Gasteiger partial charge is 0.0474 e. The van der Waals surface area contributed by atoms with Crippen molar-refractivity contribution in [3.05, 3.63) is 0 Å². The summed E-state index contributed by atoms with van der Waals surface area (Å²) >= 11 is 0. The Kier molecular flexibility index (Phi) is 7.01. The van der Waals surface area contributed by atoms with Crippen LogP contribution in [0.2, 0.25) is 0 Å². The average Bonchev–Trinajstić information content (AvgIpc) is 2.30. The van der Waals surface area contributed by atoms with E-state index >= 15 is 0 Å². The number of nitrogens with one attached hydrogen (secondary N) is 1. The average molecular weight is 228 g/mol. The minimum atomic E-state index is 0.704. The summed E-state index contributed by atoms with van der Waals surface area (Å²) < 4.78 is 5.13. The van der Waals surface area contributed by atoms with Crippen LogP contribution in [0.4, 0.5) is 0 Å². The van der Waals surface area contributed by atoms with Crippen LogP contribution in [-0.4, -0.2) is 50.3 Å². The van der Waals surface area contributed by atoms with Gasteiger partial charge in [-0.25, -0.2) is 0 Å². The number of ether oxygens (including phenoxy) is 1. The number of nitrogens with zero attached hydrogens (tertiary/aromatic N) is 1. The maximum absolute atomic E-state index is 5.13. The molecule has 16 heavy (non-hydrogen) atoms. The predicted octanol–water partition coefficient (Wildman–Crippen LogP) is 1.88. The lowest BCUT2D eigenvalue weighted by atomic mass is 10.0. The van der Waals surface area contributed by atoms with Gasteiger partial charge in [0.15, 0.2) is 0 Å². The van der Waals surface area contributed by atoms with E-state index in [0.717, 1.165) is 25.6 Å². The molecule has 0 aromatic rings. The van der Waals surface area contributed by atoms with Gasteiger partial charge in [0.25, 0.3) is 0 Å². The molecule has 2 unspecified atom stereocenters. The van der Waals surface area contributed by atoms with E-state index in [1.807, 2.05) is 0 Å². The molecule has 1 aliphatic rings. The van der Waals surface area contributed by atoms with Crippen molar-refractivity contribution in [3.8, 4) is 0 Å². The fraction of sp³-hybridized carbons (Fsp3) is 1.00. The summed E-state index contributed by atoms with van der Waals surface area (Å²) in [4.78, 5) is 2.65. The third-order valence-electron chi connectivity index (χ3n) is 3.52. The molecule has 0 aromatic carbocycles. The Morgan fingerprint density at radius 2 is 2.19 bits per heavy atom. The Morgan fingerprint density at radius 1 is 1.38 bits per heavy atom. The summed E-state index contributed by atoms with van der Waals surface area (Å²) in [7, 11) is 1.79. The zero-order valence-corrected chi connectivity index (χ0v) is 11.2. The third-order valence-corrected chi connectivity index (χ3v) is 3.52. The van der Waals surface area contributed by atoms with Crippen molar-refractivity contribution in [2.45, 2.75) is 51.6 Å². The molecule has 0 saturated carbocycles. The fourth-order valence-electron chi connectivity index (χ4n) is 2.56. The second-order valence-corrected chi connectivity index (χ2v) is 4.80. The van der Waals surface area contributed by atoms with Gasteiger partial charge in [0.05, 0.1) is 0 Å². The molecule has 0 aliphatic carbocycles. The molecule has 0 amide bonds. The molecule has 3 heteroatoms. The Labute approximate surface area is 101 Å². The molecule has 0 radical (unpaired) electrons. The Morgan fingerprint density at radius 3 is 2.81 bits per heavy atom. The minimum Gasteiger partial charge on any atom is -0.385 e. The van der Waals surface area contributed by atoms with E-state index in [2.05, 4.69) is 24.1 Å². The minimum absolute atomic E-state index is 0.704. The van der Waals surface area contributed by atoms with Crippen LogP contribution in [0.1, 0.15) is 39.5 Å². The lowest BCUT2D eigenvalue weighted by Crippen LogP contribution is -2.56. The molecule has 1 rings (SSSR count). The zero-order chi connectivity index (χ0) is 11.8. The molecule has 0 bridgehead atoms. The lowest BCUT2D eigenvalue weighted by molar-refractivity contribution is 0.105. The lowest BCUT2D eigenvalue weighted by Gasteiger charge is -2.40. The van der Waals surface area contributed by atoms with Gasteiger partial charge in [-0.3, -0.25) is 4.90 Å². The van der Waals surface area contributed by atoms with Crippen molar-refractivity contribution in [2.75, 3.05) is 33.4 Å². The van der Waals surface area contributed by atoms with Crippen molar-refractivity contribution in [2.24, 2.45) is 0 Å². The Hall–Kier alpha value is -0.120. The second kappa shape index (κ2) is 8.04. The van der Waals surface area contributed by atoms with E-state index in [-0.39, 0.29) is 0 Å². The van der Waals surface area contributed by atoms with Crippen molar-refractivity contribution in [1.29, 1.82) is 0 Å². The van der Waals surface area contributed by atoms with Crippen molar-refractivity contribution in [1.82, 2.24) is 10.2 Å². The quantitative estimate of drug-likeness (QED) is 0.673. The van der Waals surface area contributed by atoms with Crippen LogP contribution in [0.15, 0.2) is 0 Å². The van der Waals surface area contributed by atoms with Crippen LogP contribution in [0.25, 0.3) is 0 Å². The van der Waals surface area contributed by atoms with E-state index in [0.29, 0.717) is 6.04 Å². The first-order valence-corrected chi connectivity index (χ1v) is 6.78. The summed E-state index contributed by atoms with van der Waals surface area (Å²) in [6.07, 6.45) is 4.99. The van der Waals surface area contributed by atoms with Gasteiger partial charge in [-0.05, 0) is 19.3 Å². The first-order chi connectivity index (χ1) is 7.81. The number of hydrogen-bond acceptors (Lipinski definition) is 3. The summed E-state index contributed by atoms with van der Waals surface area (Å²) in [5.41, 5.74) is 0. The molecule has 1 saturated heterocycles. The Balaban J connectivity index is 2.34. The molecule has 1 fully saturated rings. The van der Waals surface area contributed by atoms with E-state index in [1.165, 1.54) is 32.4 Å². The molecule has 1 heterocycles. The summed E-state index contributed by atoms with van der Waals surface area (Å²) in [5, 5.41) is 3.67. The van der Waals surface area contributed by atoms with E-state index < -0.39 is 0 Å². The van der Waals surface area contributed by atoms with Gasteiger partial charge in [0, 0.05) is 45.4 Å². The standard InChI is InChI=1S/C13H28N2O/c1-4-7-12-11-15(8-6-9-16-3)13(5-2)10-14-12/h12-14H,4-11H2,1-3H3. The molecular weight excluding hydrogens is 200 g/mol. The number of rotatable bonds is 7. The zero-order valence-electron chi connectivity index (χ0n) is 11.2. The van der Waals surface area contributed by atoms with Crippen LogP contribution in [0.5, 0.6) is 0 Å². The monoisotopic (exact) mass is 228 g/mol. The van der Waals surface area contributed by atoms with E-state index in [4.69, 9.17) is 4.74 Å². The molecule has 0 spiro atoms. The highest BCUT2D eigenvalue weighted by molar-refractivity contribution is 4.85. The van der Waals surface area contributed by atoms with Crippen molar-refractivity contribution in [3.63, 3.8) is 0 Å². The van der Waals surface area contributed by atoms with Gasteiger partial charge in [0.2, 0.25) is 0 Å². The third kappa shape index (κ3) is 4.40. The number of methoxy groups -OCH3 is 1. The maximum Gasteiger partial charge on any atom is 0.0474 e. The van der Waals surface area contributed by atoms with Crippen LogP contribution >= 0.6 is 0 Å². The van der Waals surface area contributed by atoms with Crippen molar-refractivity contribution >= 4 is 0 Å². The summed E-state index contributed by atoms with van der Waals surface area (Å²) in [6, 6.07) is 1.43. The van der Waals surface area contributed by atoms with Gasteiger partial charge in [0.1, 0.15) is 0 Å². The van der Waals surface area contributed by atoms with E-state index in [9.17, 15) is 0 Å². The first-order valence-electron chi connectivity index (χ1n) is 6.78. The second-order valence-electron chi connectivity index (χ2n) is 4.80. The van der Waals surface area contributed by atoms with Gasteiger partial charge in [-0.15, -0.1) is 0 Å². The topological polar surface area (TPSA) is 24.5 Å². The SMILES string of the molecule is CCCC1CN(CCCOC)C(CC)CN1. The van der Waals surface area contributed by atoms with Crippen LogP contribution < -0.4 is 5.32 Å². The molecule has 2 atom stereocenters. The van der Waals surface area contributed by atoms with Crippen LogP contribution in [0.3, 0.4) is 0 Å². The van der Waals surface area contributed by atoms with Gasteiger partial charge in [-0.1, -0.05) is 20.3 Å². The van der Waals surface area contributed by atoms with Gasteiger partial charge < -0.3 is 10.1 Å². The number of piperazine rings is 1. The highest BCUT2D eigenvalue weighted by Gasteiger charge is 2.25. The highest BCUT2D eigenvalue weighted by Crippen LogP contribution is 2.13. The van der Waals surface area contributed by atoms with Gasteiger partial charge >= 0.3 is 0 Å². The van der Waals surface area contributed by atoms with Crippen LogP contribution in [0, 0.1) is 0 Å². The summed E-state index contributed by atoms with van der Waals surface area (Å²) in [6.45, 7) is 9.01. The maximum atomic E-state index is 5.13. The number of hydrogen-bond donors (Lipinski definition) is 1. The van der Waals surface area contributed by atoms with Crippen LogP contribution in [-0.2, 0) is 4.74 Å². The highest BCUT2D eigenvalue weighted by atomic mass is 16.5. The first kappa shape index (κ1) is 13.9. The fourth-order valence-corrected chi connectivity index (χ4v) is 2.56. The normalized spacial score (nSPS) is 27.2. The molecule has 1 aliphatic heterocycles. The summed E-state index contributed by atoms with van der Waals surface area (Å²) in [5.74, 6) is 0. The molecule has 96 valence electrons. The van der Waals surface area contributed by atoms with Crippen molar-refractivity contribution < 1.29 is 4.74 Å². The molecule has 0 aromatic heterocycles. The predicted molar refractivity (Wildman–Crippen MR) is 68.8 cm³/mol. The molecule has 1 N–H and O–H groups in total. The largest absolute Gasteiger partial charge is 0.385 e. The molecule has 3 nitrogen and oxygen atoms in total.